The Morgan fingerprint density at radius 3 is 2.67 bits per heavy atom. The summed E-state index contributed by atoms with van der Waals surface area (Å²) >= 11 is 0. The van der Waals surface area contributed by atoms with Crippen molar-refractivity contribution in [2.45, 2.75) is 44.8 Å². The van der Waals surface area contributed by atoms with Gasteiger partial charge in [-0.3, -0.25) is 0 Å². The van der Waals surface area contributed by atoms with Crippen molar-refractivity contribution in [1.82, 2.24) is 0 Å². The minimum Gasteiger partial charge on any atom is -0.467 e. The van der Waals surface area contributed by atoms with Crippen molar-refractivity contribution >= 4 is 5.97 Å². The molecule has 1 heterocycles. The zero-order valence-corrected chi connectivity index (χ0v) is 9.87. The molecule has 1 fully saturated rings. The maximum atomic E-state index is 11.6. The Bertz CT molecular complexity index is 253. The fraction of sp³-hybridized carbons (Fsp3) is 0.909. The van der Waals surface area contributed by atoms with E-state index in [0.717, 1.165) is 6.42 Å². The van der Waals surface area contributed by atoms with E-state index in [1.807, 2.05) is 13.8 Å². The Morgan fingerprint density at radius 2 is 2.20 bits per heavy atom. The van der Waals surface area contributed by atoms with Gasteiger partial charge in [0.25, 0.3) is 0 Å². The van der Waals surface area contributed by atoms with Crippen molar-refractivity contribution in [3.05, 3.63) is 0 Å². The molecule has 1 N–H and O–H groups in total. The van der Waals surface area contributed by atoms with Gasteiger partial charge in [0, 0.05) is 6.61 Å². The van der Waals surface area contributed by atoms with E-state index in [9.17, 15) is 4.79 Å². The quantitative estimate of drug-likeness (QED) is 0.718. The van der Waals surface area contributed by atoms with Crippen LogP contribution in [0.25, 0.3) is 0 Å². The van der Waals surface area contributed by atoms with Gasteiger partial charge in [-0.25, -0.2) is 4.79 Å². The average Bonchev–Trinajstić information content (AvgIpc) is 2.37. The standard InChI is InChI=1S/C11H20O4/c1-8-7-10(2,5-6-12)15-11(8,3)9(13)14-4/h8,12H,5-7H2,1-4H3/t8-,10+,11+/m1/s1. The van der Waals surface area contributed by atoms with Gasteiger partial charge < -0.3 is 14.6 Å². The van der Waals surface area contributed by atoms with Crippen molar-refractivity contribution in [3.8, 4) is 0 Å². The molecule has 0 bridgehead atoms. The van der Waals surface area contributed by atoms with Crippen LogP contribution in [-0.2, 0) is 14.3 Å². The lowest BCUT2D eigenvalue weighted by Crippen LogP contribution is -2.42. The summed E-state index contributed by atoms with van der Waals surface area (Å²) in [6, 6.07) is 0. The number of aliphatic hydroxyl groups excluding tert-OH is 1. The molecule has 1 saturated heterocycles. The molecule has 0 aromatic rings. The van der Waals surface area contributed by atoms with Crippen LogP contribution in [0, 0.1) is 5.92 Å². The lowest BCUT2D eigenvalue weighted by Gasteiger charge is -2.29. The van der Waals surface area contributed by atoms with E-state index in [1.165, 1.54) is 7.11 Å². The summed E-state index contributed by atoms with van der Waals surface area (Å²) in [6.07, 6.45) is 1.31. The molecule has 88 valence electrons. The molecule has 4 nitrogen and oxygen atoms in total. The largest absolute Gasteiger partial charge is 0.467 e. The molecule has 3 atom stereocenters. The summed E-state index contributed by atoms with van der Waals surface area (Å²) in [7, 11) is 1.37. The highest BCUT2D eigenvalue weighted by molar-refractivity contribution is 5.79. The molecule has 0 amide bonds. The maximum absolute atomic E-state index is 11.6. The molecule has 0 aromatic carbocycles. The number of carbonyl (C=O) groups is 1. The zero-order valence-electron chi connectivity index (χ0n) is 9.87. The Morgan fingerprint density at radius 1 is 1.60 bits per heavy atom. The molecule has 15 heavy (non-hydrogen) atoms. The first-order chi connectivity index (χ1) is 6.88. The molecule has 0 aromatic heterocycles. The Hall–Kier alpha value is -0.610. The molecular weight excluding hydrogens is 196 g/mol. The number of methoxy groups -OCH3 is 1. The summed E-state index contributed by atoms with van der Waals surface area (Å²) in [4.78, 5) is 11.6. The number of carbonyl (C=O) groups excluding carboxylic acids is 1. The number of aliphatic hydroxyl groups is 1. The summed E-state index contributed by atoms with van der Waals surface area (Å²) in [6.45, 7) is 5.72. The first kappa shape index (κ1) is 12.5. The predicted octanol–water partition coefficient (Wildman–Crippen LogP) is 1.12. The topological polar surface area (TPSA) is 55.8 Å². The fourth-order valence-corrected chi connectivity index (χ4v) is 2.33. The number of rotatable bonds is 3. The number of hydrogen-bond donors (Lipinski definition) is 1. The lowest BCUT2D eigenvalue weighted by molar-refractivity contribution is -0.177. The lowest BCUT2D eigenvalue weighted by atomic mass is 9.86. The zero-order chi connectivity index (χ0) is 11.7. The van der Waals surface area contributed by atoms with Crippen LogP contribution in [0.4, 0.5) is 0 Å². The molecule has 1 rings (SSSR count). The van der Waals surface area contributed by atoms with Crippen LogP contribution in [0.1, 0.15) is 33.6 Å². The molecule has 0 saturated carbocycles. The van der Waals surface area contributed by atoms with Crippen LogP contribution in [0.2, 0.25) is 0 Å². The second-order valence-electron chi connectivity index (χ2n) is 4.73. The van der Waals surface area contributed by atoms with Crippen LogP contribution in [0.15, 0.2) is 0 Å². The SMILES string of the molecule is COC(=O)[C@@]1(C)O[C@@](C)(CCO)C[C@H]1C. The van der Waals surface area contributed by atoms with Gasteiger partial charge >= 0.3 is 5.97 Å². The summed E-state index contributed by atoms with van der Waals surface area (Å²) in [5, 5.41) is 8.95. The minimum absolute atomic E-state index is 0.0699. The van der Waals surface area contributed by atoms with Crippen molar-refractivity contribution in [2.24, 2.45) is 5.92 Å². The van der Waals surface area contributed by atoms with Gasteiger partial charge in [0.2, 0.25) is 0 Å². The number of esters is 1. The second-order valence-corrected chi connectivity index (χ2v) is 4.73. The first-order valence-corrected chi connectivity index (χ1v) is 5.27. The second kappa shape index (κ2) is 4.10. The Labute approximate surface area is 90.6 Å². The van der Waals surface area contributed by atoms with Gasteiger partial charge in [0.15, 0.2) is 5.60 Å². The fourth-order valence-electron chi connectivity index (χ4n) is 2.33. The minimum atomic E-state index is -0.876. The number of hydrogen-bond acceptors (Lipinski definition) is 4. The van der Waals surface area contributed by atoms with Gasteiger partial charge in [-0.05, 0) is 32.6 Å². The molecule has 1 aliphatic heterocycles. The van der Waals surface area contributed by atoms with E-state index >= 15 is 0 Å². The van der Waals surface area contributed by atoms with Crippen molar-refractivity contribution in [2.75, 3.05) is 13.7 Å². The van der Waals surface area contributed by atoms with E-state index in [0.29, 0.717) is 6.42 Å². The van der Waals surface area contributed by atoms with E-state index in [1.54, 1.807) is 6.92 Å². The summed E-state index contributed by atoms with van der Waals surface area (Å²) in [5.41, 5.74) is -1.30. The molecule has 0 aliphatic carbocycles. The van der Waals surface area contributed by atoms with E-state index < -0.39 is 11.2 Å². The van der Waals surface area contributed by atoms with Gasteiger partial charge in [0.05, 0.1) is 12.7 Å². The van der Waals surface area contributed by atoms with Crippen molar-refractivity contribution < 1.29 is 19.4 Å². The third-order valence-electron chi connectivity index (χ3n) is 3.37. The summed E-state index contributed by atoms with van der Waals surface area (Å²) < 4.78 is 10.6. The van der Waals surface area contributed by atoms with Crippen molar-refractivity contribution in [1.29, 1.82) is 0 Å². The highest BCUT2D eigenvalue weighted by Gasteiger charge is 2.53. The molecule has 1 aliphatic rings. The predicted molar refractivity (Wildman–Crippen MR) is 55.4 cm³/mol. The van der Waals surface area contributed by atoms with E-state index in [-0.39, 0.29) is 18.5 Å². The molecule has 0 radical (unpaired) electrons. The monoisotopic (exact) mass is 216 g/mol. The van der Waals surface area contributed by atoms with Crippen molar-refractivity contribution in [3.63, 3.8) is 0 Å². The Kier molecular flexibility index (Phi) is 3.41. The van der Waals surface area contributed by atoms with Crippen LogP contribution in [0.5, 0.6) is 0 Å². The average molecular weight is 216 g/mol. The smallest absolute Gasteiger partial charge is 0.338 e. The van der Waals surface area contributed by atoms with Crippen LogP contribution < -0.4 is 0 Å². The molecule has 0 spiro atoms. The van der Waals surface area contributed by atoms with Gasteiger partial charge in [0.1, 0.15) is 0 Å². The van der Waals surface area contributed by atoms with Crippen LogP contribution >= 0.6 is 0 Å². The van der Waals surface area contributed by atoms with E-state index in [4.69, 9.17) is 14.6 Å². The highest BCUT2D eigenvalue weighted by Crippen LogP contribution is 2.44. The third kappa shape index (κ3) is 2.16. The molecule has 4 heteroatoms. The van der Waals surface area contributed by atoms with Gasteiger partial charge in [-0.2, -0.15) is 0 Å². The first-order valence-electron chi connectivity index (χ1n) is 5.27. The highest BCUT2D eigenvalue weighted by atomic mass is 16.6. The molecule has 0 unspecified atom stereocenters. The van der Waals surface area contributed by atoms with Gasteiger partial charge in [-0.15, -0.1) is 0 Å². The van der Waals surface area contributed by atoms with E-state index in [2.05, 4.69) is 0 Å². The van der Waals surface area contributed by atoms with Crippen LogP contribution in [-0.4, -0.2) is 36.0 Å². The maximum Gasteiger partial charge on any atom is 0.338 e. The van der Waals surface area contributed by atoms with Crippen LogP contribution in [0.3, 0.4) is 0 Å². The third-order valence-corrected chi connectivity index (χ3v) is 3.37. The normalized spacial score (nSPS) is 40.5. The summed E-state index contributed by atoms with van der Waals surface area (Å²) in [5.74, 6) is -0.238. The Balaban J connectivity index is 2.83. The van der Waals surface area contributed by atoms with Gasteiger partial charge in [-0.1, -0.05) is 6.92 Å². The molecular formula is C11H20O4. The number of ether oxygens (including phenoxy) is 2.